The van der Waals surface area contributed by atoms with Crippen molar-refractivity contribution in [3.8, 4) is 0 Å². The Morgan fingerprint density at radius 3 is 2.67 bits per heavy atom. The van der Waals surface area contributed by atoms with Crippen molar-refractivity contribution in [1.29, 1.82) is 0 Å². The largest absolute Gasteiger partial charge is 0.346 e. The van der Waals surface area contributed by atoms with Gasteiger partial charge in [0, 0.05) is 0 Å². The minimum atomic E-state index is -0.0219. The Labute approximate surface area is 89.7 Å². The SMILES string of the molecule is O=C1Cc2ccccc2C2(CCCC2)N1. The number of fused-ring (bicyclic) bond motifs is 2. The molecule has 1 aliphatic carbocycles. The molecule has 0 radical (unpaired) electrons. The fraction of sp³-hybridized carbons (Fsp3) is 0.462. The highest BCUT2D eigenvalue weighted by Crippen LogP contribution is 2.42. The van der Waals surface area contributed by atoms with Gasteiger partial charge in [-0.1, -0.05) is 37.1 Å². The molecule has 78 valence electrons. The van der Waals surface area contributed by atoms with Crippen LogP contribution in [0, 0.1) is 0 Å². The van der Waals surface area contributed by atoms with Crippen molar-refractivity contribution in [1.82, 2.24) is 5.32 Å². The smallest absolute Gasteiger partial charge is 0.225 e. The monoisotopic (exact) mass is 201 g/mol. The fourth-order valence-electron chi connectivity index (χ4n) is 3.07. The molecule has 1 N–H and O–H groups in total. The summed E-state index contributed by atoms with van der Waals surface area (Å²) in [7, 11) is 0. The second kappa shape index (κ2) is 3.09. The van der Waals surface area contributed by atoms with Gasteiger partial charge in [0.2, 0.25) is 5.91 Å². The molecule has 0 bridgehead atoms. The number of nitrogens with one attached hydrogen (secondary N) is 1. The van der Waals surface area contributed by atoms with E-state index in [0.29, 0.717) is 6.42 Å². The lowest BCUT2D eigenvalue weighted by atomic mass is 9.81. The summed E-state index contributed by atoms with van der Waals surface area (Å²) in [6.45, 7) is 0. The number of rotatable bonds is 0. The van der Waals surface area contributed by atoms with Gasteiger partial charge in [-0.2, -0.15) is 0 Å². The van der Waals surface area contributed by atoms with E-state index in [-0.39, 0.29) is 11.4 Å². The second-order valence-electron chi connectivity index (χ2n) is 4.67. The maximum absolute atomic E-state index is 11.7. The van der Waals surface area contributed by atoms with Gasteiger partial charge in [0.05, 0.1) is 12.0 Å². The third-order valence-corrected chi connectivity index (χ3v) is 3.72. The molecule has 0 aromatic heterocycles. The molecule has 1 heterocycles. The highest BCUT2D eigenvalue weighted by atomic mass is 16.1. The molecule has 0 atom stereocenters. The predicted octanol–water partition coefficient (Wildman–Crippen LogP) is 2.13. The van der Waals surface area contributed by atoms with Crippen LogP contribution in [0.15, 0.2) is 24.3 Å². The average molecular weight is 201 g/mol. The number of benzene rings is 1. The minimum Gasteiger partial charge on any atom is -0.346 e. The molecule has 1 aliphatic heterocycles. The molecule has 1 aromatic carbocycles. The van der Waals surface area contributed by atoms with Crippen LogP contribution in [-0.4, -0.2) is 5.91 Å². The first kappa shape index (κ1) is 8.96. The molecule has 3 rings (SSSR count). The Balaban J connectivity index is 2.14. The number of carbonyl (C=O) groups is 1. The van der Waals surface area contributed by atoms with Gasteiger partial charge in [-0.25, -0.2) is 0 Å². The van der Waals surface area contributed by atoms with Gasteiger partial charge in [-0.3, -0.25) is 4.79 Å². The molecule has 2 aliphatic rings. The first-order valence-corrected chi connectivity index (χ1v) is 5.70. The van der Waals surface area contributed by atoms with Crippen LogP contribution in [-0.2, 0) is 16.8 Å². The number of amides is 1. The zero-order valence-corrected chi connectivity index (χ0v) is 8.75. The summed E-state index contributed by atoms with van der Waals surface area (Å²) in [4.78, 5) is 11.7. The van der Waals surface area contributed by atoms with Crippen LogP contribution in [0.5, 0.6) is 0 Å². The lowest BCUT2D eigenvalue weighted by Crippen LogP contribution is -2.48. The van der Waals surface area contributed by atoms with E-state index in [2.05, 4.69) is 23.5 Å². The lowest BCUT2D eigenvalue weighted by molar-refractivity contribution is -0.123. The summed E-state index contributed by atoms with van der Waals surface area (Å²) in [5.74, 6) is 0.190. The molecular formula is C13H15NO. The van der Waals surface area contributed by atoms with Crippen LogP contribution in [0.1, 0.15) is 36.8 Å². The van der Waals surface area contributed by atoms with E-state index in [1.807, 2.05) is 6.07 Å². The van der Waals surface area contributed by atoms with Crippen LogP contribution in [0.2, 0.25) is 0 Å². The molecule has 15 heavy (non-hydrogen) atoms. The Kier molecular flexibility index (Phi) is 1.84. The molecular weight excluding hydrogens is 186 g/mol. The Morgan fingerprint density at radius 1 is 1.13 bits per heavy atom. The van der Waals surface area contributed by atoms with Crippen LogP contribution >= 0.6 is 0 Å². The number of hydrogen-bond acceptors (Lipinski definition) is 1. The van der Waals surface area contributed by atoms with Crippen LogP contribution in [0.4, 0.5) is 0 Å². The molecule has 1 spiro atoms. The van der Waals surface area contributed by atoms with Crippen molar-refractivity contribution in [3.63, 3.8) is 0 Å². The van der Waals surface area contributed by atoms with Crippen LogP contribution in [0.3, 0.4) is 0 Å². The molecule has 1 saturated carbocycles. The van der Waals surface area contributed by atoms with Gasteiger partial charge in [-0.15, -0.1) is 0 Å². The fourth-order valence-corrected chi connectivity index (χ4v) is 3.07. The van der Waals surface area contributed by atoms with Crippen LogP contribution < -0.4 is 5.32 Å². The minimum absolute atomic E-state index is 0.0219. The summed E-state index contributed by atoms with van der Waals surface area (Å²) in [6, 6.07) is 8.38. The molecule has 2 heteroatoms. The zero-order chi connectivity index (χ0) is 10.3. The van der Waals surface area contributed by atoms with E-state index >= 15 is 0 Å². The summed E-state index contributed by atoms with van der Waals surface area (Å²) in [5.41, 5.74) is 2.57. The van der Waals surface area contributed by atoms with E-state index < -0.39 is 0 Å². The van der Waals surface area contributed by atoms with E-state index in [1.54, 1.807) is 0 Å². The standard InChI is InChI=1S/C13H15NO/c15-12-9-10-5-1-2-6-11(10)13(14-12)7-3-4-8-13/h1-2,5-6H,3-4,7-9H2,(H,14,15). The third-order valence-electron chi connectivity index (χ3n) is 3.72. The maximum Gasteiger partial charge on any atom is 0.225 e. The van der Waals surface area contributed by atoms with Gasteiger partial charge >= 0.3 is 0 Å². The summed E-state index contributed by atoms with van der Waals surface area (Å²) < 4.78 is 0. The van der Waals surface area contributed by atoms with Gasteiger partial charge in [-0.05, 0) is 24.0 Å². The van der Waals surface area contributed by atoms with Crippen molar-refractivity contribution >= 4 is 5.91 Å². The van der Waals surface area contributed by atoms with Crippen molar-refractivity contribution < 1.29 is 4.79 Å². The van der Waals surface area contributed by atoms with Crippen molar-refractivity contribution in [3.05, 3.63) is 35.4 Å². The van der Waals surface area contributed by atoms with Gasteiger partial charge in [0.1, 0.15) is 0 Å². The number of carbonyl (C=O) groups excluding carboxylic acids is 1. The molecule has 2 nitrogen and oxygen atoms in total. The highest BCUT2D eigenvalue weighted by Gasteiger charge is 2.41. The van der Waals surface area contributed by atoms with E-state index in [1.165, 1.54) is 24.0 Å². The van der Waals surface area contributed by atoms with E-state index in [4.69, 9.17) is 0 Å². The van der Waals surface area contributed by atoms with E-state index in [0.717, 1.165) is 12.8 Å². The zero-order valence-electron chi connectivity index (χ0n) is 8.75. The first-order chi connectivity index (χ1) is 7.30. The summed E-state index contributed by atoms with van der Waals surface area (Å²) in [5, 5.41) is 3.21. The van der Waals surface area contributed by atoms with Crippen molar-refractivity contribution in [2.75, 3.05) is 0 Å². The first-order valence-electron chi connectivity index (χ1n) is 5.70. The normalized spacial score (nSPS) is 22.5. The van der Waals surface area contributed by atoms with Gasteiger partial charge < -0.3 is 5.32 Å². The Bertz CT molecular complexity index is 405. The predicted molar refractivity (Wildman–Crippen MR) is 58.4 cm³/mol. The lowest BCUT2D eigenvalue weighted by Gasteiger charge is -2.36. The quantitative estimate of drug-likeness (QED) is 0.684. The Hall–Kier alpha value is -1.31. The molecule has 1 fully saturated rings. The molecule has 0 saturated heterocycles. The molecule has 0 unspecified atom stereocenters. The average Bonchev–Trinajstić information content (AvgIpc) is 2.67. The van der Waals surface area contributed by atoms with Gasteiger partial charge in [0.25, 0.3) is 0 Å². The Morgan fingerprint density at radius 2 is 1.87 bits per heavy atom. The highest BCUT2D eigenvalue weighted by molar-refractivity contribution is 5.82. The number of hydrogen-bond donors (Lipinski definition) is 1. The third kappa shape index (κ3) is 1.28. The van der Waals surface area contributed by atoms with Gasteiger partial charge in [0.15, 0.2) is 0 Å². The topological polar surface area (TPSA) is 29.1 Å². The maximum atomic E-state index is 11.7. The second-order valence-corrected chi connectivity index (χ2v) is 4.67. The van der Waals surface area contributed by atoms with Crippen molar-refractivity contribution in [2.24, 2.45) is 0 Å². The molecule has 1 amide bonds. The van der Waals surface area contributed by atoms with Crippen molar-refractivity contribution in [2.45, 2.75) is 37.6 Å². The molecule has 1 aromatic rings. The van der Waals surface area contributed by atoms with Crippen LogP contribution in [0.25, 0.3) is 0 Å². The summed E-state index contributed by atoms with van der Waals surface area (Å²) in [6.07, 6.45) is 5.23. The summed E-state index contributed by atoms with van der Waals surface area (Å²) >= 11 is 0. The van der Waals surface area contributed by atoms with E-state index in [9.17, 15) is 4.79 Å².